The van der Waals surface area contributed by atoms with Crippen LogP contribution in [-0.2, 0) is 4.79 Å². The Morgan fingerprint density at radius 1 is 1.07 bits per heavy atom. The first-order valence-corrected chi connectivity index (χ1v) is 11.1. The molecule has 30 heavy (non-hydrogen) atoms. The molecular weight excluding hydrogens is 398 g/mol. The Kier molecular flexibility index (Phi) is 6.44. The van der Waals surface area contributed by atoms with Crippen molar-refractivity contribution in [3.05, 3.63) is 53.2 Å². The molecular formula is C23H30ClN5O. The zero-order valence-electron chi connectivity index (χ0n) is 17.8. The van der Waals surface area contributed by atoms with Gasteiger partial charge >= 0.3 is 0 Å². The fraction of sp³-hybridized carbons (Fsp3) is 0.478. The third kappa shape index (κ3) is 4.71. The second-order valence-corrected chi connectivity index (χ2v) is 8.70. The Hall–Kier alpha value is -2.31. The molecule has 2 fully saturated rings. The van der Waals surface area contributed by atoms with Crippen molar-refractivity contribution < 1.29 is 4.79 Å². The van der Waals surface area contributed by atoms with Gasteiger partial charge in [0.2, 0.25) is 5.91 Å². The number of amides is 1. The van der Waals surface area contributed by atoms with Crippen molar-refractivity contribution in [3.63, 3.8) is 0 Å². The van der Waals surface area contributed by atoms with Gasteiger partial charge in [-0.25, -0.2) is 4.98 Å². The highest BCUT2D eigenvalue weighted by atomic mass is 35.5. The minimum Gasteiger partial charge on any atom is -0.354 e. The highest BCUT2D eigenvalue weighted by Gasteiger charge is 2.35. The molecule has 0 N–H and O–H groups in total. The van der Waals surface area contributed by atoms with Gasteiger partial charge in [0.15, 0.2) is 0 Å². The fourth-order valence-electron chi connectivity index (χ4n) is 4.36. The SMILES string of the molecule is Cc1ccnc(N2CCN(CCCN3C(=O)CC(C)N3c3ccc(Cl)cc3)CC2)c1. The van der Waals surface area contributed by atoms with Crippen LogP contribution >= 0.6 is 11.6 Å². The first-order chi connectivity index (χ1) is 14.5. The van der Waals surface area contributed by atoms with Gasteiger partial charge in [-0.05, 0) is 62.2 Å². The first-order valence-electron chi connectivity index (χ1n) is 10.8. The molecule has 4 rings (SSSR count). The van der Waals surface area contributed by atoms with Gasteiger partial charge in [-0.15, -0.1) is 0 Å². The lowest BCUT2D eigenvalue weighted by atomic mass is 10.2. The minimum atomic E-state index is 0.170. The Morgan fingerprint density at radius 2 is 1.80 bits per heavy atom. The maximum Gasteiger partial charge on any atom is 0.243 e. The predicted octanol–water partition coefficient (Wildman–Crippen LogP) is 3.60. The molecule has 2 aliphatic rings. The van der Waals surface area contributed by atoms with Gasteiger partial charge in [0.25, 0.3) is 0 Å². The monoisotopic (exact) mass is 427 g/mol. The van der Waals surface area contributed by atoms with E-state index >= 15 is 0 Å². The van der Waals surface area contributed by atoms with Crippen LogP contribution in [0.25, 0.3) is 0 Å². The van der Waals surface area contributed by atoms with Crippen LogP contribution in [-0.4, -0.2) is 66.1 Å². The van der Waals surface area contributed by atoms with E-state index in [9.17, 15) is 4.79 Å². The summed E-state index contributed by atoms with van der Waals surface area (Å²) in [5, 5.41) is 4.75. The summed E-state index contributed by atoms with van der Waals surface area (Å²) in [5.74, 6) is 1.28. The Labute approximate surface area is 184 Å². The summed E-state index contributed by atoms with van der Waals surface area (Å²) in [6.07, 6.45) is 3.41. The van der Waals surface area contributed by atoms with Crippen molar-refractivity contribution in [2.24, 2.45) is 0 Å². The number of pyridine rings is 1. The number of rotatable bonds is 6. The maximum atomic E-state index is 12.6. The molecule has 2 aliphatic heterocycles. The van der Waals surface area contributed by atoms with E-state index in [4.69, 9.17) is 11.6 Å². The third-order valence-electron chi connectivity index (χ3n) is 5.97. The molecule has 2 saturated heterocycles. The second kappa shape index (κ2) is 9.23. The van der Waals surface area contributed by atoms with Gasteiger partial charge in [0.1, 0.15) is 5.82 Å². The molecule has 1 aromatic carbocycles. The summed E-state index contributed by atoms with van der Waals surface area (Å²) in [6.45, 7) is 10.00. The quantitative estimate of drug-likeness (QED) is 0.704. The van der Waals surface area contributed by atoms with Gasteiger partial charge in [-0.3, -0.25) is 19.7 Å². The number of benzene rings is 1. The summed E-state index contributed by atoms with van der Waals surface area (Å²) < 4.78 is 0. The van der Waals surface area contributed by atoms with Crippen molar-refractivity contribution >= 4 is 29.0 Å². The first kappa shape index (κ1) is 20.9. The van der Waals surface area contributed by atoms with E-state index in [2.05, 4.69) is 39.7 Å². The summed E-state index contributed by atoms with van der Waals surface area (Å²) in [6, 6.07) is 12.1. The number of hydrazine groups is 1. The lowest BCUT2D eigenvalue weighted by molar-refractivity contribution is -0.128. The number of piperazine rings is 1. The number of nitrogens with zero attached hydrogens (tertiary/aromatic N) is 5. The van der Waals surface area contributed by atoms with Crippen LogP contribution in [0.1, 0.15) is 25.3 Å². The molecule has 2 aromatic rings. The van der Waals surface area contributed by atoms with Gasteiger partial charge in [-0.1, -0.05) is 11.6 Å². The van der Waals surface area contributed by atoms with Crippen molar-refractivity contribution in [2.75, 3.05) is 49.2 Å². The fourth-order valence-corrected chi connectivity index (χ4v) is 4.49. The number of halogens is 1. The molecule has 1 atom stereocenters. The maximum absolute atomic E-state index is 12.6. The Bertz CT molecular complexity index is 866. The number of carbonyl (C=O) groups is 1. The molecule has 0 radical (unpaired) electrons. The van der Waals surface area contributed by atoms with E-state index in [1.165, 1.54) is 5.56 Å². The molecule has 1 aromatic heterocycles. The average molecular weight is 428 g/mol. The molecule has 0 aliphatic carbocycles. The zero-order valence-corrected chi connectivity index (χ0v) is 18.6. The largest absolute Gasteiger partial charge is 0.354 e. The second-order valence-electron chi connectivity index (χ2n) is 8.26. The van der Waals surface area contributed by atoms with Crippen LogP contribution in [0.4, 0.5) is 11.5 Å². The van der Waals surface area contributed by atoms with E-state index in [0.29, 0.717) is 11.4 Å². The number of hydrogen-bond donors (Lipinski definition) is 0. The van der Waals surface area contributed by atoms with Crippen LogP contribution in [0.3, 0.4) is 0 Å². The number of hydrogen-bond acceptors (Lipinski definition) is 5. The smallest absolute Gasteiger partial charge is 0.243 e. The summed E-state index contributed by atoms with van der Waals surface area (Å²) in [4.78, 5) is 21.9. The van der Waals surface area contributed by atoms with Gasteiger partial charge in [-0.2, -0.15) is 0 Å². The third-order valence-corrected chi connectivity index (χ3v) is 6.22. The normalized spacial score (nSPS) is 20.3. The number of carbonyl (C=O) groups excluding carboxylic acids is 1. The predicted molar refractivity (Wildman–Crippen MR) is 122 cm³/mol. The van der Waals surface area contributed by atoms with Gasteiger partial charge < -0.3 is 4.90 Å². The average Bonchev–Trinajstić information content (AvgIpc) is 3.02. The molecule has 1 unspecified atom stereocenters. The lowest BCUT2D eigenvalue weighted by Gasteiger charge is -2.36. The van der Waals surface area contributed by atoms with Gasteiger partial charge in [0, 0.05) is 50.5 Å². The van der Waals surface area contributed by atoms with Crippen LogP contribution in [0.15, 0.2) is 42.6 Å². The molecule has 160 valence electrons. The lowest BCUT2D eigenvalue weighted by Crippen LogP contribution is -2.48. The zero-order chi connectivity index (χ0) is 21.1. The summed E-state index contributed by atoms with van der Waals surface area (Å²) in [7, 11) is 0. The van der Waals surface area contributed by atoms with Crippen molar-refractivity contribution in [3.8, 4) is 0 Å². The summed E-state index contributed by atoms with van der Waals surface area (Å²) >= 11 is 6.03. The van der Waals surface area contributed by atoms with Crippen molar-refractivity contribution in [1.82, 2.24) is 14.9 Å². The number of aryl methyl sites for hydroxylation is 1. The number of aromatic nitrogens is 1. The Balaban J connectivity index is 1.28. The molecule has 1 amide bonds. The molecule has 0 spiro atoms. The molecule has 0 saturated carbocycles. The van der Waals surface area contributed by atoms with Crippen molar-refractivity contribution in [1.29, 1.82) is 0 Å². The molecule has 7 heteroatoms. The number of anilines is 2. The van der Waals surface area contributed by atoms with E-state index in [1.807, 2.05) is 41.5 Å². The van der Waals surface area contributed by atoms with Crippen molar-refractivity contribution in [2.45, 2.75) is 32.7 Å². The minimum absolute atomic E-state index is 0.170. The van der Waals surface area contributed by atoms with Gasteiger partial charge in [0.05, 0.1) is 18.2 Å². The topological polar surface area (TPSA) is 42.9 Å². The van der Waals surface area contributed by atoms with E-state index < -0.39 is 0 Å². The summed E-state index contributed by atoms with van der Waals surface area (Å²) in [5.41, 5.74) is 2.27. The molecule has 6 nitrogen and oxygen atoms in total. The standard InChI is InChI=1S/C23H30ClN5O/c1-18-8-9-25-22(16-18)27-14-12-26(13-15-27)10-3-11-28-23(30)17-19(2)29(28)21-6-4-20(24)5-7-21/h4-9,16,19H,3,10-15,17H2,1-2H3. The molecule has 3 heterocycles. The Morgan fingerprint density at radius 3 is 2.50 bits per heavy atom. The highest BCUT2D eigenvalue weighted by Crippen LogP contribution is 2.28. The van der Waals surface area contributed by atoms with Crippen LogP contribution in [0.2, 0.25) is 5.02 Å². The van der Waals surface area contributed by atoms with E-state index in [-0.39, 0.29) is 11.9 Å². The van der Waals surface area contributed by atoms with Crippen LogP contribution in [0, 0.1) is 6.92 Å². The highest BCUT2D eigenvalue weighted by molar-refractivity contribution is 6.30. The van der Waals surface area contributed by atoms with Crippen LogP contribution in [0.5, 0.6) is 0 Å². The van der Waals surface area contributed by atoms with E-state index in [1.54, 1.807) is 0 Å². The van der Waals surface area contributed by atoms with Crippen LogP contribution < -0.4 is 9.91 Å². The van der Waals surface area contributed by atoms with E-state index in [0.717, 1.165) is 57.2 Å². The molecule has 0 bridgehead atoms.